The molecule has 0 aromatic carbocycles. The van der Waals surface area contributed by atoms with Crippen LogP contribution in [-0.2, 0) is 9.84 Å². The van der Waals surface area contributed by atoms with Crippen molar-refractivity contribution in [3.05, 3.63) is 23.2 Å². The van der Waals surface area contributed by atoms with Crippen LogP contribution in [0.25, 0.3) is 6.08 Å². The molecule has 1 rings (SSSR count). The van der Waals surface area contributed by atoms with Crippen molar-refractivity contribution in [3.63, 3.8) is 0 Å². The Kier molecular flexibility index (Phi) is 3.16. The zero-order valence-corrected chi connectivity index (χ0v) is 10.3. The van der Waals surface area contributed by atoms with Gasteiger partial charge in [-0.05, 0) is 25.1 Å². The molecule has 0 spiro atoms. The molecule has 0 aliphatic rings. The van der Waals surface area contributed by atoms with E-state index in [2.05, 4.69) is 4.98 Å². The quantitative estimate of drug-likeness (QED) is 0.802. The molecular formula is C11H15NO4S. The van der Waals surface area contributed by atoms with E-state index in [1.54, 1.807) is 6.92 Å². The summed E-state index contributed by atoms with van der Waals surface area (Å²) < 4.78 is 53.1. The number of nitrogens with zero attached hydrogens (tertiary/aromatic N) is 1. The normalized spacial score (nSPS) is 15.1. The average Bonchev–Trinajstić information content (AvgIpc) is 2.27. The van der Waals surface area contributed by atoms with Crippen molar-refractivity contribution in [1.29, 1.82) is 0 Å². The van der Waals surface area contributed by atoms with Gasteiger partial charge in [-0.3, -0.25) is 0 Å². The van der Waals surface area contributed by atoms with Crippen molar-refractivity contribution < 1.29 is 22.0 Å². The van der Waals surface area contributed by atoms with Gasteiger partial charge in [-0.2, -0.15) is 0 Å². The maximum absolute atomic E-state index is 11.0. The van der Waals surface area contributed by atoms with E-state index >= 15 is 0 Å². The van der Waals surface area contributed by atoms with E-state index in [0.717, 1.165) is 11.7 Å². The molecule has 1 aromatic rings. The fraction of sp³-hybridized carbons (Fsp3) is 0.364. The van der Waals surface area contributed by atoms with Crippen LogP contribution in [0.15, 0.2) is 17.5 Å². The number of aromatic nitrogens is 1. The van der Waals surface area contributed by atoms with Gasteiger partial charge in [0.15, 0.2) is 15.6 Å². The molecule has 0 amide bonds. The number of sulfone groups is 1. The van der Waals surface area contributed by atoms with Crippen LogP contribution in [0.4, 0.5) is 0 Å². The largest absolute Gasteiger partial charge is 0.491 e. The number of hydrogen-bond donors (Lipinski definition) is 0. The van der Waals surface area contributed by atoms with Crippen molar-refractivity contribution in [1.82, 2.24) is 4.98 Å². The van der Waals surface area contributed by atoms with Gasteiger partial charge in [0, 0.05) is 11.7 Å². The Morgan fingerprint density at radius 2 is 2.29 bits per heavy atom. The minimum Gasteiger partial charge on any atom is -0.491 e. The lowest BCUT2D eigenvalue weighted by Crippen LogP contribution is -1.99. The highest BCUT2D eigenvalue weighted by atomic mass is 32.2. The van der Waals surface area contributed by atoms with Crippen molar-refractivity contribution in [2.24, 2.45) is 0 Å². The first-order chi connectivity index (χ1) is 9.11. The monoisotopic (exact) mass is 260 g/mol. The van der Waals surface area contributed by atoms with Crippen LogP contribution in [-0.4, -0.2) is 33.3 Å². The molecule has 17 heavy (non-hydrogen) atoms. The third-order valence-electron chi connectivity index (χ3n) is 1.72. The highest BCUT2D eigenvalue weighted by Crippen LogP contribution is 2.24. The summed E-state index contributed by atoms with van der Waals surface area (Å²) in [6, 6.07) is 2.80. The topological polar surface area (TPSA) is 65.5 Å². The predicted octanol–water partition coefficient (Wildman–Crippen LogP) is 1.50. The fourth-order valence-electron chi connectivity index (χ4n) is 1.05. The second-order valence-corrected chi connectivity index (χ2v) is 5.14. The number of pyridine rings is 1. The Morgan fingerprint density at radius 1 is 1.53 bits per heavy atom. The maximum Gasteiger partial charge on any atom is 0.257 e. The van der Waals surface area contributed by atoms with E-state index in [0.29, 0.717) is 5.69 Å². The molecule has 0 saturated heterocycles. The molecule has 0 N–H and O–H groups in total. The Bertz CT molecular complexity index is 596. The van der Waals surface area contributed by atoms with Gasteiger partial charge in [0.2, 0.25) is 0 Å². The molecular weight excluding hydrogens is 242 g/mol. The average molecular weight is 260 g/mol. The first-order valence-electron chi connectivity index (χ1n) is 6.32. The van der Waals surface area contributed by atoms with Gasteiger partial charge in [0.1, 0.15) is 0 Å². The van der Waals surface area contributed by atoms with Crippen LogP contribution >= 0.6 is 0 Å². The van der Waals surface area contributed by atoms with E-state index in [1.165, 1.54) is 18.2 Å². The van der Waals surface area contributed by atoms with Gasteiger partial charge >= 0.3 is 0 Å². The number of rotatable bonds is 5. The van der Waals surface area contributed by atoms with Crippen molar-refractivity contribution in [3.8, 4) is 11.6 Å². The summed E-state index contributed by atoms with van der Waals surface area (Å²) in [5, 5.41) is 0.995. The Balaban J connectivity index is 3.09. The molecule has 0 atom stereocenters. The van der Waals surface area contributed by atoms with Gasteiger partial charge < -0.3 is 9.47 Å². The summed E-state index contributed by atoms with van der Waals surface area (Å²) in [5.74, 6) is -0.0253. The second-order valence-electron chi connectivity index (χ2n) is 3.21. The van der Waals surface area contributed by atoms with Crippen molar-refractivity contribution >= 4 is 15.9 Å². The Hall–Kier alpha value is -1.56. The summed E-state index contributed by atoms with van der Waals surface area (Å²) >= 11 is 0. The molecule has 0 unspecified atom stereocenters. The molecule has 0 bridgehead atoms. The maximum atomic E-state index is 11.0. The van der Waals surface area contributed by atoms with Crippen LogP contribution in [0, 0.1) is 0 Å². The molecule has 0 saturated carbocycles. The lowest BCUT2D eigenvalue weighted by atomic mass is 10.3. The van der Waals surface area contributed by atoms with E-state index in [-0.39, 0.29) is 18.2 Å². The third kappa shape index (κ3) is 4.44. The van der Waals surface area contributed by atoms with Crippen LogP contribution in [0.3, 0.4) is 0 Å². The smallest absolute Gasteiger partial charge is 0.257 e. The second kappa shape index (κ2) is 5.67. The first-order valence-corrected chi connectivity index (χ1v) is 6.77. The van der Waals surface area contributed by atoms with E-state index in [4.69, 9.17) is 13.6 Å². The molecule has 1 aromatic heterocycles. The summed E-state index contributed by atoms with van der Waals surface area (Å²) in [6.07, 6.45) is 2.34. The van der Waals surface area contributed by atoms with Crippen LogP contribution in [0.5, 0.6) is 11.6 Å². The highest BCUT2D eigenvalue weighted by molar-refractivity contribution is 7.93. The van der Waals surface area contributed by atoms with Crippen LogP contribution in [0.2, 0.25) is 0 Å². The van der Waals surface area contributed by atoms with Gasteiger partial charge in [-0.25, -0.2) is 13.4 Å². The summed E-state index contributed by atoms with van der Waals surface area (Å²) in [4.78, 5) is 4.00. The van der Waals surface area contributed by atoms with Crippen molar-refractivity contribution in [2.45, 2.75) is 6.92 Å². The minimum absolute atomic E-state index is 0.000670. The standard InChI is InChI=1S/C11H15NO4S/c1-4-16-11-10(15-2)6-5-9(12-11)7-8-17(3,13)14/h5-8H,4H2,1-3H3/b8-7+/i2D3. The minimum atomic E-state index is -3.27. The van der Waals surface area contributed by atoms with Gasteiger partial charge in [-0.1, -0.05) is 0 Å². The highest BCUT2D eigenvalue weighted by Gasteiger charge is 2.06. The van der Waals surface area contributed by atoms with Crippen LogP contribution < -0.4 is 9.47 Å². The van der Waals surface area contributed by atoms with E-state index in [1.807, 2.05) is 0 Å². The Morgan fingerprint density at radius 3 is 2.88 bits per heavy atom. The fourth-order valence-corrected chi connectivity index (χ4v) is 1.43. The summed E-state index contributed by atoms with van der Waals surface area (Å²) in [5.41, 5.74) is 0.316. The third-order valence-corrected chi connectivity index (χ3v) is 2.35. The number of methoxy groups -OCH3 is 1. The molecule has 0 radical (unpaired) electrons. The lowest BCUT2D eigenvalue weighted by molar-refractivity contribution is 0.298. The molecule has 5 nitrogen and oxygen atoms in total. The van der Waals surface area contributed by atoms with E-state index < -0.39 is 16.9 Å². The van der Waals surface area contributed by atoms with E-state index in [9.17, 15) is 8.42 Å². The van der Waals surface area contributed by atoms with Crippen molar-refractivity contribution in [2.75, 3.05) is 19.9 Å². The first kappa shape index (κ1) is 9.47. The molecule has 1 heterocycles. The predicted molar refractivity (Wildman–Crippen MR) is 65.8 cm³/mol. The molecule has 94 valence electrons. The summed E-state index contributed by atoms with van der Waals surface area (Å²) in [7, 11) is -5.88. The van der Waals surface area contributed by atoms with Gasteiger partial charge in [0.25, 0.3) is 5.88 Å². The molecule has 0 aliphatic carbocycles. The number of ether oxygens (including phenoxy) is 2. The van der Waals surface area contributed by atoms with Gasteiger partial charge in [0.05, 0.1) is 23.5 Å². The van der Waals surface area contributed by atoms with Gasteiger partial charge in [-0.15, -0.1) is 0 Å². The lowest BCUT2D eigenvalue weighted by Gasteiger charge is -2.08. The molecule has 0 aliphatic heterocycles. The zero-order valence-electron chi connectivity index (χ0n) is 12.5. The van der Waals surface area contributed by atoms with Crippen LogP contribution in [0.1, 0.15) is 16.7 Å². The molecule has 6 heteroatoms. The SMILES string of the molecule is [2H]C([2H])([2H])Oc1ccc(/C=C/S(C)(=O)=O)nc1OCC. The molecule has 0 fully saturated rings. The Labute approximate surface area is 105 Å². The summed E-state index contributed by atoms with van der Waals surface area (Å²) in [6.45, 7) is 1.98. The zero-order chi connectivity index (χ0) is 15.4. The number of hydrogen-bond acceptors (Lipinski definition) is 5.